The first kappa shape index (κ1) is 34.8. The normalized spacial score (nSPS) is 15.4. The highest BCUT2D eigenvalue weighted by Crippen LogP contribution is 2.64. The summed E-state index contributed by atoms with van der Waals surface area (Å²) in [5.74, 6) is -56.7. The summed E-state index contributed by atoms with van der Waals surface area (Å²) in [7, 11) is 0. The Balaban J connectivity index is 6.29. The second-order valence-corrected chi connectivity index (χ2v) is 7.97. The number of carbonyl (C=O) groups is 1. The van der Waals surface area contributed by atoms with E-state index < -0.39 is 72.2 Å². The summed E-state index contributed by atoms with van der Waals surface area (Å²) in [5.41, 5.74) is -2.28. The maximum atomic E-state index is 13.9. The number of amides is 1. The van der Waals surface area contributed by atoms with Crippen LogP contribution in [0.4, 0.5) is 79.4 Å². The predicted octanol–water partition coefficient (Wildman–Crippen LogP) is 7.47. The third-order valence-corrected chi connectivity index (χ3v) is 4.59. The van der Waals surface area contributed by atoms with Gasteiger partial charge in [-0.3, -0.25) is 0 Å². The van der Waals surface area contributed by atoms with Gasteiger partial charge in [0.1, 0.15) is 5.60 Å². The summed E-state index contributed by atoms with van der Waals surface area (Å²) < 4.78 is 229. The van der Waals surface area contributed by atoms with Gasteiger partial charge in [-0.2, -0.15) is 74.6 Å². The number of ether oxygens (including phenoxy) is 1. The van der Waals surface area contributed by atoms with Gasteiger partial charge in [-0.15, -0.1) is 6.58 Å². The molecule has 0 unspecified atom stereocenters. The lowest BCUT2D eigenvalue weighted by Crippen LogP contribution is -2.74. The van der Waals surface area contributed by atoms with Gasteiger partial charge in [0.2, 0.25) is 0 Å². The number of alkyl carbamates (subject to hydrolysis) is 1. The Bertz CT molecular complexity index is 832. The monoisotopic (exact) mass is 589 g/mol. The highest BCUT2D eigenvalue weighted by Gasteiger charge is 2.95. The SMILES string of the molecule is C=CCNC(=O)OC(C)(C)CCC(F)(F)C(F)(F)C(F)(F)C(F)(F)C(F)(F)C(F)(F)C(F)(F)C(F)(F)F. The molecule has 0 rings (SSSR count). The van der Waals surface area contributed by atoms with Gasteiger partial charge >= 0.3 is 53.7 Å². The molecular weight excluding hydrogens is 573 g/mol. The van der Waals surface area contributed by atoms with E-state index in [1.165, 1.54) is 0 Å². The summed E-state index contributed by atoms with van der Waals surface area (Å²) in [4.78, 5) is 11.4. The summed E-state index contributed by atoms with van der Waals surface area (Å²) in [6.45, 7) is 4.23. The lowest BCUT2D eigenvalue weighted by Gasteiger charge is -2.43. The molecular formula is C17H16F17NO2. The average molecular weight is 589 g/mol. The lowest BCUT2D eigenvalue weighted by atomic mass is 9.87. The van der Waals surface area contributed by atoms with Crippen LogP contribution in [0.1, 0.15) is 26.7 Å². The van der Waals surface area contributed by atoms with Crippen molar-refractivity contribution in [3.8, 4) is 0 Å². The van der Waals surface area contributed by atoms with E-state index in [1.54, 1.807) is 0 Å². The van der Waals surface area contributed by atoms with Crippen molar-refractivity contribution in [3.63, 3.8) is 0 Å². The third-order valence-electron chi connectivity index (χ3n) is 4.59. The molecule has 0 aliphatic rings. The third kappa shape index (κ3) is 5.80. The van der Waals surface area contributed by atoms with Crippen LogP contribution in [0.5, 0.6) is 0 Å². The number of rotatable bonds is 12. The number of nitrogens with one attached hydrogen (secondary N) is 1. The van der Waals surface area contributed by atoms with E-state index in [2.05, 4.69) is 11.3 Å². The number of alkyl halides is 17. The Morgan fingerprint density at radius 1 is 0.649 bits per heavy atom. The first-order valence-electron chi connectivity index (χ1n) is 9.20. The second-order valence-electron chi connectivity index (χ2n) is 7.97. The molecule has 0 atom stereocenters. The Morgan fingerprint density at radius 3 is 1.35 bits per heavy atom. The standard InChI is InChI=1S/C17H16F17NO2/c1-4-7-35-8(36)37-9(2,3)5-6-10(18,19)11(20,21)12(22,23)13(24,25)14(26,27)15(28,29)16(30,31)17(32,33)34/h4H,1,5-7H2,2-3H3,(H,35,36). The van der Waals surface area contributed by atoms with Crippen LogP contribution < -0.4 is 5.32 Å². The van der Waals surface area contributed by atoms with Crippen LogP contribution >= 0.6 is 0 Å². The van der Waals surface area contributed by atoms with Crippen LogP contribution in [0.2, 0.25) is 0 Å². The summed E-state index contributed by atoms with van der Waals surface area (Å²) in [5, 5.41) is 1.88. The van der Waals surface area contributed by atoms with Gasteiger partial charge in [-0.05, 0) is 20.3 Å². The Morgan fingerprint density at radius 2 is 1.00 bits per heavy atom. The van der Waals surface area contributed by atoms with Gasteiger partial charge in [0.25, 0.3) is 0 Å². The van der Waals surface area contributed by atoms with E-state index in [1.807, 2.05) is 5.32 Å². The van der Waals surface area contributed by atoms with Crippen molar-refractivity contribution in [2.75, 3.05) is 6.54 Å². The zero-order valence-electron chi connectivity index (χ0n) is 18.1. The van der Waals surface area contributed by atoms with Gasteiger partial charge in [-0.25, -0.2) is 4.79 Å². The molecule has 3 nitrogen and oxygen atoms in total. The van der Waals surface area contributed by atoms with Gasteiger partial charge < -0.3 is 10.1 Å². The van der Waals surface area contributed by atoms with Crippen LogP contribution in [0.3, 0.4) is 0 Å². The smallest absolute Gasteiger partial charge is 0.444 e. The van der Waals surface area contributed by atoms with E-state index in [9.17, 15) is 79.4 Å². The Hall–Kier alpha value is -2.18. The van der Waals surface area contributed by atoms with Crippen molar-refractivity contribution >= 4 is 6.09 Å². The molecule has 0 saturated carbocycles. The molecule has 0 aromatic heterocycles. The minimum absolute atomic E-state index is 0.295. The van der Waals surface area contributed by atoms with E-state index in [-0.39, 0.29) is 6.54 Å². The molecule has 0 saturated heterocycles. The van der Waals surface area contributed by atoms with Crippen molar-refractivity contribution in [1.29, 1.82) is 0 Å². The Kier molecular flexibility index (Phi) is 9.27. The molecule has 1 N–H and O–H groups in total. The van der Waals surface area contributed by atoms with Crippen molar-refractivity contribution < 1.29 is 84.2 Å². The second kappa shape index (κ2) is 9.85. The molecule has 0 bridgehead atoms. The largest absolute Gasteiger partial charge is 0.460 e. The molecule has 0 aromatic carbocycles. The van der Waals surface area contributed by atoms with Gasteiger partial charge in [0.15, 0.2) is 0 Å². The zero-order chi connectivity index (χ0) is 30.3. The fourth-order valence-corrected chi connectivity index (χ4v) is 2.30. The average Bonchev–Trinajstić information content (AvgIpc) is 2.68. The molecule has 0 aromatic rings. The van der Waals surface area contributed by atoms with Crippen LogP contribution in [-0.2, 0) is 4.74 Å². The maximum absolute atomic E-state index is 13.9. The molecule has 37 heavy (non-hydrogen) atoms. The highest BCUT2D eigenvalue weighted by atomic mass is 19.4. The molecule has 0 fully saturated rings. The van der Waals surface area contributed by atoms with E-state index >= 15 is 0 Å². The fraction of sp³-hybridized carbons (Fsp3) is 0.824. The van der Waals surface area contributed by atoms with Gasteiger partial charge in [0, 0.05) is 13.0 Å². The van der Waals surface area contributed by atoms with Crippen LogP contribution in [0.15, 0.2) is 12.7 Å². The predicted molar refractivity (Wildman–Crippen MR) is 88.7 cm³/mol. The summed E-state index contributed by atoms with van der Waals surface area (Å²) in [6, 6.07) is 0. The molecule has 20 heteroatoms. The molecule has 0 radical (unpaired) electrons. The number of halogens is 17. The summed E-state index contributed by atoms with van der Waals surface area (Å²) >= 11 is 0. The molecule has 0 heterocycles. The minimum atomic E-state index is -8.67. The quantitative estimate of drug-likeness (QED) is 0.190. The van der Waals surface area contributed by atoms with Crippen LogP contribution in [-0.4, -0.2) is 65.9 Å². The molecule has 0 spiro atoms. The zero-order valence-corrected chi connectivity index (χ0v) is 18.1. The molecule has 1 amide bonds. The van der Waals surface area contributed by atoms with E-state index in [4.69, 9.17) is 0 Å². The van der Waals surface area contributed by atoms with Gasteiger partial charge in [0.05, 0.1) is 0 Å². The molecule has 0 aliphatic heterocycles. The van der Waals surface area contributed by atoms with Crippen molar-refractivity contribution in [1.82, 2.24) is 5.32 Å². The van der Waals surface area contributed by atoms with Crippen LogP contribution in [0.25, 0.3) is 0 Å². The lowest BCUT2D eigenvalue weighted by molar-refractivity contribution is -0.462. The first-order chi connectivity index (χ1) is 15.9. The van der Waals surface area contributed by atoms with Crippen molar-refractivity contribution in [2.45, 2.75) is 79.9 Å². The first-order valence-corrected chi connectivity index (χ1v) is 9.20. The van der Waals surface area contributed by atoms with Crippen molar-refractivity contribution in [2.24, 2.45) is 0 Å². The number of hydrogen-bond donors (Lipinski definition) is 1. The minimum Gasteiger partial charge on any atom is -0.444 e. The number of hydrogen-bond acceptors (Lipinski definition) is 2. The molecule has 220 valence electrons. The highest BCUT2D eigenvalue weighted by molar-refractivity contribution is 5.67. The van der Waals surface area contributed by atoms with Crippen molar-refractivity contribution in [3.05, 3.63) is 12.7 Å². The summed E-state index contributed by atoms with van der Waals surface area (Å²) in [6.07, 6.45) is -12.5. The van der Waals surface area contributed by atoms with Gasteiger partial charge in [-0.1, -0.05) is 6.08 Å². The molecule has 0 aliphatic carbocycles. The fourth-order valence-electron chi connectivity index (χ4n) is 2.30. The van der Waals surface area contributed by atoms with Crippen LogP contribution in [0, 0.1) is 0 Å². The Labute approximate surface area is 196 Å². The maximum Gasteiger partial charge on any atom is 0.460 e. The van der Waals surface area contributed by atoms with E-state index in [0.717, 1.165) is 6.08 Å². The topological polar surface area (TPSA) is 38.3 Å². The van der Waals surface area contributed by atoms with E-state index in [0.29, 0.717) is 13.8 Å². The number of carbonyl (C=O) groups excluding carboxylic acids is 1.